The van der Waals surface area contributed by atoms with Crippen molar-refractivity contribution in [3.8, 4) is 0 Å². The summed E-state index contributed by atoms with van der Waals surface area (Å²) in [4.78, 5) is 8.01. The first-order chi connectivity index (χ1) is 9.67. The quantitative estimate of drug-likeness (QED) is 0.754. The van der Waals surface area contributed by atoms with Crippen LogP contribution in [0.5, 0.6) is 0 Å². The lowest BCUT2D eigenvalue weighted by molar-refractivity contribution is 0.140. The second kappa shape index (κ2) is 7.88. The number of ether oxygens (including phenoxy) is 1. The van der Waals surface area contributed by atoms with Crippen LogP contribution in [0.25, 0.3) is 0 Å². The number of methoxy groups -OCH3 is 1. The Hall–Kier alpha value is -0.750. The van der Waals surface area contributed by atoms with E-state index in [4.69, 9.17) is 4.74 Å². The van der Waals surface area contributed by atoms with E-state index in [-0.39, 0.29) is 0 Å². The molecule has 2 rings (SSSR count). The van der Waals surface area contributed by atoms with E-state index in [1.54, 1.807) is 18.4 Å². The molecule has 2 aromatic heterocycles. The number of aromatic nitrogens is 1. The molecule has 0 aliphatic heterocycles. The monoisotopic (exact) mass is 354 g/mol. The molecule has 2 aromatic rings. The van der Waals surface area contributed by atoms with E-state index in [1.807, 2.05) is 12.4 Å². The number of halogens is 1. The number of nitrogens with zero attached hydrogens (tertiary/aromatic N) is 2. The molecule has 5 heteroatoms. The fourth-order valence-corrected chi connectivity index (χ4v) is 3.55. The molecular formula is C15H19BrN2OS. The van der Waals surface area contributed by atoms with Crippen LogP contribution in [-0.2, 0) is 17.8 Å². The van der Waals surface area contributed by atoms with Gasteiger partial charge in [-0.3, -0.25) is 9.88 Å². The molecule has 0 saturated carbocycles. The van der Waals surface area contributed by atoms with Crippen molar-refractivity contribution in [3.63, 3.8) is 0 Å². The first-order valence-electron chi connectivity index (χ1n) is 6.52. The summed E-state index contributed by atoms with van der Waals surface area (Å²) in [5.41, 5.74) is 2.45. The van der Waals surface area contributed by atoms with Gasteiger partial charge < -0.3 is 4.74 Å². The van der Waals surface area contributed by atoms with Crippen molar-refractivity contribution in [1.82, 2.24) is 9.88 Å². The minimum absolute atomic E-state index is 0.742. The van der Waals surface area contributed by atoms with Gasteiger partial charge in [0.1, 0.15) is 0 Å². The zero-order valence-corrected chi connectivity index (χ0v) is 14.2. The molecule has 3 nitrogen and oxygen atoms in total. The predicted octanol–water partition coefficient (Wildman–Crippen LogP) is 3.86. The summed E-state index contributed by atoms with van der Waals surface area (Å²) in [5, 5.41) is 2.12. The zero-order chi connectivity index (χ0) is 14.4. The molecule has 20 heavy (non-hydrogen) atoms. The fraction of sp³-hybridized carbons (Fsp3) is 0.400. The van der Waals surface area contributed by atoms with Gasteiger partial charge in [-0.2, -0.15) is 0 Å². The van der Waals surface area contributed by atoms with Crippen LogP contribution in [0, 0.1) is 6.92 Å². The Bertz CT molecular complexity index is 544. The van der Waals surface area contributed by atoms with Crippen LogP contribution in [0.4, 0.5) is 0 Å². The highest BCUT2D eigenvalue weighted by atomic mass is 79.9. The van der Waals surface area contributed by atoms with Crippen molar-refractivity contribution in [2.75, 3.05) is 20.3 Å². The van der Waals surface area contributed by atoms with Gasteiger partial charge in [-0.1, -0.05) is 6.07 Å². The molecule has 0 radical (unpaired) electrons. The molecule has 0 N–H and O–H groups in total. The second-order valence-electron chi connectivity index (χ2n) is 4.81. The molecule has 0 bridgehead atoms. The van der Waals surface area contributed by atoms with Crippen LogP contribution in [0.1, 0.15) is 16.0 Å². The lowest BCUT2D eigenvalue weighted by Gasteiger charge is -2.21. The van der Waals surface area contributed by atoms with Gasteiger partial charge in [0.2, 0.25) is 0 Å². The van der Waals surface area contributed by atoms with E-state index in [0.29, 0.717) is 0 Å². The van der Waals surface area contributed by atoms with Crippen LogP contribution >= 0.6 is 27.3 Å². The lowest BCUT2D eigenvalue weighted by atomic mass is 10.2. The van der Waals surface area contributed by atoms with Crippen molar-refractivity contribution in [1.29, 1.82) is 0 Å². The normalized spacial score (nSPS) is 11.2. The van der Waals surface area contributed by atoms with Gasteiger partial charge in [0.15, 0.2) is 0 Å². The standard InChI is InChI=1S/C15H19BrN2OS/c1-12-5-13(8-17-7-12)9-18(3-4-19-2)10-15-6-14(16)11-20-15/h5-8,11H,3-4,9-10H2,1-2H3. The molecule has 0 unspecified atom stereocenters. The van der Waals surface area contributed by atoms with E-state index in [2.05, 4.69) is 50.3 Å². The fourth-order valence-electron chi connectivity index (χ4n) is 2.05. The van der Waals surface area contributed by atoms with Crippen LogP contribution in [0.15, 0.2) is 34.4 Å². The van der Waals surface area contributed by atoms with Gasteiger partial charge in [-0.25, -0.2) is 0 Å². The van der Waals surface area contributed by atoms with E-state index in [1.165, 1.54) is 16.0 Å². The number of hydrogen-bond acceptors (Lipinski definition) is 4. The first kappa shape index (κ1) is 15.6. The van der Waals surface area contributed by atoms with Gasteiger partial charge in [0, 0.05) is 53.9 Å². The summed E-state index contributed by atoms with van der Waals surface area (Å²) in [6.45, 7) is 5.57. The minimum atomic E-state index is 0.742. The average Bonchev–Trinajstić information content (AvgIpc) is 2.81. The molecule has 108 valence electrons. The van der Waals surface area contributed by atoms with Gasteiger partial charge in [-0.15, -0.1) is 11.3 Å². The summed E-state index contributed by atoms with van der Waals surface area (Å²) < 4.78 is 6.37. The Morgan fingerprint density at radius 1 is 1.30 bits per heavy atom. The van der Waals surface area contributed by atoms with Crippen molar-refractivity contribution < 1.29 is 4.74 Å². The van der Waals surface area contributed by atoms with Gasteiger partial charge >= 0.3 is 0 Å². The second-order valence-corrected chi connectivity index (χ2v) is 6.72. The summed E-state index contributed by atoms with van der Waals surface area (Å²) in [5.74, 6) is 0. The molecule has 0 fully saturated rings. The van der Waals surface area contributed by atoms with Crippen LogP contribution in [0.2, 0.25) is 0 Å². The highest BCUT2D eigenvalue weighted by Gasteiger charge is 2.09. The van der Waals surface area contributed by atoms with E-state index < -0.39 is 0 Å². The molecular weight excluding hydrogens is 336 g/mol. The maximum Gasteiger partial charge on any atom is 0.0589 e. The highest BCUT2D eigenvalue weighted by Crippen LogP contribution is 2.21. The number of thiophene rings is 1. The Labute approximate surface area is 132 Å². The highest BCUT2D eigenvalue weighted by molar-refractivity contribution is 9.10. The van der Waals surface area contributed by atoms with Gasteiger partial charge in [0.25, 0.3) is 0 Å². The third-order valence-electron chi connectivity index (χ3n) is 2.95. The molecule has 0 spiro atoms. The Kier molecular flexibility index (Phi) is 6.16. The first-order valence-corrected chi connectivity index (χ1v) is 8.19. The predicted molar refractivity (Wildman–Crippen MR) is 87.0 cm³/mol. The Balaban J connectivity index is 2.02. The van der Waals surface area contributed by atoms with Crippen molar-refractivity contribution >= 4 is 27.3 Å². The molecule has 0 aliphatic rings. The largest absolute Gasteiger partial charge is 0.383 e. The number of pyridine rings is 1. The Morgan fingerprint density at radius 3 is 2.80 bits per heavy atom. The molecule has 0 saturated heterocycles. The average molecular weight is 355 g/mol. The van der Waals surface area contributed by atoms with Crippen molar-refractivity contribution in [2.45, 2.75) is 20.0 Å². The van der Waals surface area contributed by atoms with Crippen LogP contribution < -0.4 is 0 Å². The van der Waals surface area contributed by atoms with Crippen molar-refractivity contribution in [2.24, 2.45) is 0 Å². The Morgan fingerprint density at radius 2 is 2.15 bits per heavy atom. The van der Waals surface area contributed by atoms with E-state index in [9.17, 15) is 0 Å². The topological polar surface area (TPSA) is 25.4 Å². The maximum absolute atomic E-state index is 5.21. The maximum atomic E-state index is 5.21. The number of aryl methyl sites for hydroxylation is 1. The molecule has 0 atom stereocenters. The van der Waals surface area contributed by atoms with Gasteiger partial charge in [0.05, 0.1) is 6.61 Å². The van der Waals surface area contributed by atoms with Crippen LogP contribution in [0.3, 0.4) is 0 Å². The number of hydrogen-bond donors (Lipinski definition) is 0. The molecule has 2 heterocycles. The lowest BCUT2D eigenvalue weighted by Crippen LogP contribution is -2.26. The molecule has 0 amide bonds. The molecule has 0 aromatic carbocycles. The zero-order valence-electron chi connectivity index (χ0n) is 11.8. The van der Waals surface area contributed by atoms with Gasteiger partial charge in [-0.05, 0) is 40.0 Å². The minimum Gasteiger partial charge on any atom is -0.383 e. The third-order valence-corrected chi connectivity index (χ3v) is 4.63. The number of rotatable bonds is 7. The SMILES string of the molecule is COCCN(Cc1cncc(C)c1)Cc1cc(Br)cs1. The third kappa shape index (κ3) is 4.98. The summed E-state index contributed by atoms with van der Waals surface area (Å²) in [6.07, 6.45) is 3.83. The summed E-state index contributed by atoms with van der Waals surface area (Å²) in [7, 11) is 1.74. The van der Waals surface area contributed by atoms with E-state index >= 15 is 0 Å². The summed E-state index contributed by atoms with van der Waals surface area (Å²) in [6, 6.07) is 4.37. The molecule has 0 aliphatic carbocycles. The van der Waals surface area contributed by atoms with Crippen molar-refractivity contribution in [3.05, 3.63) is 50.4 Å². The van der Waals surface area contributed by atoms with E-state index in [0.717, 1.165) is 30.7 Å². The van der Waals surface area contributed by atoms with Crippen LogP contribution in [-0.4, -0.2) is 30.1 Å². The smallest absolute Gasteiger partial charge is 0.0589 e. The summed E-state index contributed by atoms with van der Waals surface area (Å²) >= 11 is 5.29.